The quantitative estimate of drug-likeness (QED) is 0.495. The van der Waals surface area contributed by atoms with Gasteiger partial charge in [0.1, 0.15) is 5.75 Å². The van der Waals surface area contributed by atoms with Crippen molar-refractivity contribution in [1.82, 2.24) is 0 Å². The van der Waals surface area contributed by atoms with E-state index in [1.807, 2.05) is 24.3 Å². The Morgan fingerprint density at radius 3 is 2.70 bits per heavy atom. The number of hydrogen-bond acceptors (Lipinski definition) is 4. The van der Waals surface area contributed by atoms with Crippen LogP contribution in [0.15, 0.2) is 42.5 Å². The molecule has 0 bridgehead atoms. The number of ether oxygens (including phenoxy) is 2. The molecular formula is C15H14INO3. The van der Waals surface area contributed by atoms with Crippen molar-refractivity contribution in [3.8, 4) is 11.5 Å². The standard InChI is InChI=1S/C15H14INO3/c1-2-19-15(18)12-7-4-8-13(14(12)17)20-11-6-3-5-10(16)9-11/h3-9H,2,17H2,1H3. The van der Waals surface area contributed by atoms with Gasteiger partial charge in [0.25, 0.3) is 0 Å². The van der Waals surface area contributed by atoms with Gasteiger partial charge in [-0.25, -0.2) is 4.79 Å². The van der Waals surface area contributed by atoms with E-state index in [1.165, 1.54) is 0 Å². The van der Waals surface area contributed by atoms with Crippen LogP contribution in [-0.2, 0) is 4.74 Å². The van der Waals surface area contributed by atoms with Gasteiger partial charge in [-0.1, -0.05) is 12.1 Å². The topological polar surface area (TPSA) is 61.5 Å². The summed E-state index contributed by atoms with van der Waals surface area (Å²) in [7, 11) is 0. The van der Waals surface area contributed by atoms with Crippen LogP contribution in [-0.4, -0.2) is 12.6 Å². The van der Waals surface area contributed by atoms with Gasteiger partial charge in [-0.3, -0.25) is 0 Å². The van der Waals surface area contributed by atoms with Gasteiger partial charge in [0, 0.05) is 3.57 Å². The van der Waals surface area contributed by atoms with Crippen LogP contribution in [0.4, 0.5) is 5.69 Å². The minimum atomic E-state index is -0.446. The van der Waals surface area contributed by atoms with Gasteiger partial charge in [0.15, 0.2) is 5.75 Å². The third-order valence-corrected chi connectivity index (χ3v) is 3.26. The Balaban J connectivity index is 2.29. The lowest BCUT2D eigenvalue weighted by atomic mass is 10.1. The van der Waals surface area contributed by atoms with Crippen LogP contribution in [0.1, 0.15) is 17.3 Å². The molecule has 0 aromatic heterocycles. The molecule has 0 radical (unpaired) electrons. The summed E-state index contributed by atoms with van der Waals surface area (Å²) in [6.45, 7) is 2.06. The number of rotatable bonds is 4. The van der Waals surface area contributed by atoms with E-state index in [2.05, 4.69) is 22.6 Å². The number of hydrogen-bond donors (Lipinski definition) is 1. The molecule has 2 aromatic rings. The van der Waals surface area contributed by atoms with Gasteiger partial charge in [0.05, 0.1) is 17.9 Å². The van der Waals surface area contributed by atoms with E-state index in [1.54, 1.807) is 25.1 Å². The van der Waals surface area contributed by atoms with Crippen LogP contribution in [0.3, 0.4) is 0 Å². The molecule has 2 rings (SSSR count). The highest BCUT2D eigenvalue weighted by molar-refractivity contribution is 14.1. The summed E-state index contributed by atoms with van der Waals surface area (Å²) in [6.07, 6.45) is 0. The largest absolute Gasteiger partial charge is 0.462 e. The van der Waals surface area contributed by atoms with E-state index in [9.17, 15) is 4.79 Å². The second-order valence-corrected chi connectivity index (χ2v) is 5.24. The average molecular weight is 383 g/mol. The van der Waals surface area contributed by atoms with Crippen molar-refractivity contribution >= 4 is 34.2 Å². The summed E-state index contributed by atoms with van der Waals surface area (Å²) in [5.74, 6) is 0.667. The van der Waals surface area contributed by atoms with E-state index < -0.39 is 5.97 Å². The molecule has 0 heterocycles. The number of carbonyl (C=O) groups excluding carboxylic acids is 1. The summed E-state index contributed by atoms with van der Waals surface area (Å²) in [4.78, 5) is 11.8. The zero-order valence-electron chi connectivity index (χ0n) is 10.9. The van der Waals surface area contributed by atoms with E-state index in [-0.39, 0.29) is 5.69 Å². The lowest BCUT2D eigenvalue weighted by molar-refractivity contribution is 0.0527. The SMILES string of the molecule is CCOC(=O)c1cccc(Oc2cccc(I)c2)c1N. The molecule has 5 heteroatoms. The predicted octanol–water partition coefficient (Wildman–Crippen LogP) is 3.84. The molecular weight excluding hydrogens is 369 g/mol. The molecule has 104 valence electrons. The summed E-state index contributed by atoms with van der Waals surface area (Å²) < 4.78 is 11.7. The highest BCUT2D eigenvalue weighted by Crippen LogP contribution is 2.30. The molecule has 0 amide bonds. The molecule has 0 aliphatic carbocycles. The van der Waals surface area contributed by atoms with Crippen molar-refractivity contribution < 1.29 is 14.3 Å². The molecule has 0 saturated heterocycles. The fraction of sp³-hybridized carbons (Fsp3) is 0.133. The first-order valence-corrected chi connectivity index (χ1v) is 7.18. The van der Waals surface area contributed by atoms with E-state index in [0.717, 1.165) is 3.57 Å². The number of nitrogens with two attached hydrogens (primary N) is 1. The van der Waals surface area contributed by atoms with Crippen molar-refractivity contribution in [2.75, 3.05) is 12.3 Å². The van der Waals surface area contributed by atoms with Crippen molar-refractivity contribution in [2.24, 2.45) is 0 Å². The molecule has 0 aliphatic rings. The average Bonchev–Trinajstić information content (AvgIpc) is 2.41. The molecule has 0 unspecified atom stereocenters. The zero-order valence-corrected chi connectivity index (χ0v) is 13.1. The number of anilines is 1. The Bertz CT molecular complexity index is 628. The smallest absolute Gasteiger partial charge is 0.340 e. The highest BCUT2D eigenvalue weighted by Gasteiger charge is 2.14. The van der Waals surface area contributed by atoms with Gasteiger partial charge in [-0.15, -0.1) is 0 Å². The fourth-order valence-electron chi connectivity index (χ4n) is 1.68. The second-order valence-electron chi connectivity index (χ2n) is 4.00. The first-order chi connectivity index (χ1) is 9.61. The van der Waals surface area contributed by atoms with Gasteiger partial charge in [-0.2, -0.15) is 0 Å². The molecule has 2 aromatic carbocycles. The summed E-state index contributed by atoms with van der Waals surface area (Å²) in [5.41, 5.74) is 6.57. The fourth-order valence-corrected chi connectivity index (χ4v) is 2.19. The van der Waals surface area contributed by atoms with Crippen LogP contribution in [0.5, 0.6) is 11.5 Å². The molecule has 2 N–H and O–H groups in total. The minimum Gasteiger partial charge on any atom is -0.462 e. The van der Waals surface area contributed by atoms with Crippen molar-refractivity contribution in [3.63, 3.8) is 0 Å². The van der Waals surface area contributed by atoms with Gasteiger partial charge in [-0.05, 0) is 59.8 Å². The number of para-hydroxylation sites is 1. The first kappa shape index (κ1) is 14.6. The van der Waals surface area contributed by atoms with Gasteiger partial charge < -0.3 is 15.2 Å². The van der Waals surface area contributed by atoms with Crippen LogP contribution in [0.25, 0.3) is 0 Å². The number of halogens is 1. The van der Waals surface area contributed by atoms with Gasteiger partial charge >= 0.3 is 5.97 Å². The Hall–Kier alpha value is -1.76. The normalized spacial score (nSPS) is 10.1. The molecule has 0 aliphatic heterocycles. The Morgan fingerprint density at radius 2 is 2.00 bits per heavy atom. The molecule has 4 nitrogen and oxygen atoms in total. The summed E-state index contributed by atoms with van der Waals surface area (Å²) >= 11 is 2.20. The van der Waals surface area contributed by atoms with Crippen molar-refractivity contribution in [3.05, 3.63) is 51.6 Å². The Kier molecular flexibility index (Phi) is 4.84. The van der Waals surface area contributed by atoms with Crippen LogP contribution in [0.2, 0.25) is 0 Å². The van der Waals surface area contributed by atoms with E-state index >= 15 is 0 Å². The maximum Gasteiger partial charge on any atom is 0.340 e. The highest BCUT2D eigenvalue weighted by atomic mass is 127. The number of esters is 1. The third-order valence-electron chi connectivity index (χ3n) is 2.59. The van der Waals surface area contributed by atoms with Gasteiger partial charge in [0.2, 0.25) is 0 Å². The van der Waals surface area contributed by atoms with Crippen molar-refractivity contribution in [2.45, 2.75) is 6.92 Å². The molecule has 0 fully saturated rings. The number of carbonyl (C=O) groups is 1. The monoisotopic (exact) mass is 383 g/mol. The molecule has 0 spiro atoms. The number of nitrogen functional groups attached to an aromatic ring is 1. The molecule has 0 saturated carbocycles. The zero-order chi connectivity index (χ0) is 14.5. The molecule has 0 atom stereocenters. The first-order valence-electron chi connectivity index (χ1n) is 6.11. The van der Waals surface area contributed by atoms with E-state index in [0.29, 0.717) is 23.7 Å². The lowest BCUT2D eigenvalue weighted by Crippen LogP contribution is -2.08. The minimum absolute atomic E-state index is 0.282. The summed E-state index contributed by atoms with van der Waals surface area (Å²) in [5, 5.41) is 0. The lowest BCUT2D eigenvalue weighted by Gasteiger charge is -2.11. The van der Waals surface area contributed by atoms with Crippen LogP contribution < -0.4 is 10.5 Å². The van der Waals surface area contributed by atoms with Crippen LogP contribution in [0, 0.1) is 3.57 Å². The Morgan fingerprint density at radius 1 is 1.25 bits per heavy atom. The number of benzene rings is 2. The predicted molar refractivity (Wildman–Crippen MR) is 86.0 cm³/mol. The second kappa shape index (κ2) is 6.60. The van der Waals surface area contributed by atoms with E-state index in [4.69, 9.17) is 15.2 Å². The van der Waals surface area contributed by atoms with Crippen molar-refractivity contribution in [1.29, 1.82) is 0 Å². The Labute approximate surface area is 131 Å². The summed E-state index contributed by atoms with van der Waals surface area (Å²) in [6, 6.07) is 12.6. The maximum absolute atomic E-state index is 11.8. The molecule has 20 heavy (non-hydrogen) atoms. The third kappa shape index (κ3) is 3.41. The maximum atomic E-state index is 11.8. The van der Waals surface area contributed by atoms with Crippen LogP contribution >= 0.6 is 22.6 Å².